The van der Waals surface area contributed by atoms with Crippen molar-refractivity contribution in [3.8, 4) is 0 Å². The Balaban J connectivity index is 2.13. The third-order valence-electron chi connectivity index (χ3n) is 3.04. The van der Waals surface area contributed by atoms with E-state index in [9.17, 15) is 4.39 Å². The summed E-state index contributed by atoms with van der Waals surface area (Å²) in [6, 6.07) is 4.92. The Hall–Kier alpha value is -1.84. The quantitative estimate of drug-likeness (QED) is 0.895. The Bertz CT molecular complexity index is 534. The van der Waals surface area contributed by atoms with E-state index >= 15 is 0 Å². The van der Waals surface area contributed by atoms with Gasteiger partial charge in [0.15, 0.2) is 0 Å². The number of nitrogens with zero attached hydrogens (tertiary/aromatic N) is 2. The smallest absolute Gasteiger partial charge is 0.123 e. The van der Waals surface area contributed by atoms with Crippen LogP contribution in [0.15, 0.2) is 30.6 Å². The van der Waals surface area contributed by atoms with Gasteiger partial charge >= 0.3 is 0 Å². The van der Waals surface area contributed by atoms with Gasteiger partial charge in [-0.25, -0.2) is 4.39 Å². The lowest BCUT2D eigenvalue weighted by Gasteiger charge is -2.15. The maximum atomic E-state index is 13.0. The van der Waals surface area contributed by atoms with Crippen LogP contribution in [0.5, 0.6) is 0 Å². The second kappa shape index (κ2) is 5.21. The molecule has 2 rings (SSSR count). The van der Waals surface area contributed by atoms with Crippen LogP contribution >= 0.6 is 0 Å². The van der Waals surface area contributed by atoms with Gasteiger partial charge in [0.05, 0.1) is 12.2 Å². The summed E-state index contributed by atoms with van der Waals surface area (Å²) >= 11 is 0. The summed E-state index contributed by atoms with van der Waals surface area (Å²) in [7, 11) is 0. The first-order chi connectivity index (χ1) is 8.60. The number of nitrogens with one attached hydrogen (secondary N) is 1. The Kier molecular flexibility index (Phi) is 3.65. The molecule has 0 saturated carbocycles. The Labute approximate surface area is 107 Å². The van der Waals surface area contributed by atoms with Gasteiger partial charge in [0.25, 0.3) is 0 Å². The van der Waals surface area contributed by atoms with E-state index in [-0.39, 0.29) is 11.9 Å². The molecule has 1 atom stereocenters. The van der Waals surface area contributed by atoms with E-state index < -0.39 is 0 Å². The van der Waals surface area contributed by atoms with Crippen molar-refractivity contribution in [1.29, 1.82) is 0 Å². The molecule has 1 unspecified atom stereocenters. The third-order valence-corrected chi connectivity index (χ3v) is 3.04. The number of aromatic nitrogens is 2. The molecule has 18 heavy (non-hydrogen) atoms. The van der Waals surface area contributed by atoms with Crippen LogP contribution in [0.1, 0.15) is 31.0 Å². The molecule has 96 valence electrons. The van der Waals surface area contributed by atoms with Crippen LogP contribution in [0.3, 0.4) is 0 Å². The highest BCUT2D eigenvalue weighted by molar-refractivity contribution is 5.51. The third kappa shape index (κ3) is 2.70. The lowest BCUT2D eigenvalue weighted by atomic mass is 10.1. The zero-order valence-corrected chi connectivity index (χ0v) is 10.9. The summed E-state index contributed by atoms with van der Waals surface area (Å²) in [4.78, 5) is 0. The van der Waals surface area contributed by atoms with Crippen LogP contribution < -0.4 is 5.32 Å². The van der Waals surface area contributed by atoms with Gasteiger partial charge in [-0.15, -0.1) is 0 Å². The van der Waals surface area contributed by atoms with Crippen LogP contribution in [-0.2, 0) is 6.54 Å². The molecule has 3 nitrogen and oxygen atoms in total. The van der Waals surface area contributed by atoms with Gasteiger partial charge < -0.3 is 5.32 Å². The van der Waals surface area contributed by atoms with Crippen molar-refractivity contribution < 1.29 is 4.39 Å². The fraction of sp³-hybridized carbons (Fsp3) is 0.357. The lowest BCUT2D eigenvalue weighted by molar-refractivity contribution is 0.626. The van der Waals surface area contributed by atoms with Crippen LogP contribution in [0.25, 0.3) is 0 Å². The molecule has 0 aliphatic heterocycles. The van der Waals surface area contributed by atoms with Crippen molar-refractivity contribution in [2.45, 2.75) is 33.4 Å². The van der Waals surface area contributed by atoms with Crippen LogP contribution in [0.2, 0.25) is 0 Å². The summed E-state index contributed by atoms with van der Waals surface area (Å²) in [6.07, 6.45) is 3.89. The molecule has 0 fully saturated rings. The molecule has 1 aromatic heterocycles. The molecule has 1 heterocycles. The molecule has 0 saturated heterocycles. The largest absolute Gasteiger partial charge is 0.378 e. The zero-order chi connectivity index (χ0) is 13.1. The van der Waals surface area contributed by atoms with Gasteiger partial charge in [-0.2, -0.15) is 5.10 Å². The predicted octanol–water partition coefficient (Wildman–Crippen LogP) is 3.52. The molecular weight excluding hydrogens is 229 g/mol. The maximum absolute atomic E-state index is 13.0. The highest BCUT2D eigenvalue weighted by Gasteiger charge is 2.09. The van der Waals surface area contributed by atoms with Gasteiger partial charge in [-0.1, -0.05) is 0 Å². The van der Waals surface area contributed by atoms with Crippen LogP contribution in [0.4, 0.5) is 10.1 Å². The second-order valence-corrected chi connectivity index (χ2v) is 4.45. The SMILES string of the molecule is CCn1cc(C(C)Nc2ccc(F)cc2C)cn1. The Morgan fingerprint density at radius 3 is 2.83 bits per heavy atom. The average Bonchev–Trinajstić information content (AvgIpc) is 2.81. The molecule has 0 aliphatic carbocycles. The summed E-state index contributed by atoms with van der Waals surface area (Å²) in [5.41, 5.74) is 2.98. The van der Waals surface area contributed by atoms with E-state index in [1.807, 2.05) is 24.0 Å². The predicted molar refractivity (Wildman–Crippen MR) is 71.1 cm³/mol. The van der Waals surface area contributed by atoms with Crippen LogP contribution in [0, 0.1) is 12.7 Å². The van der Waals surface area contributed by atoms with E-state index in [1.54, 1.807) is 6.07 Å². The van der Waals surface area contributed by atoms with Crippen molar-refractivity contribution >= 4 is 5.69 Å². The van der Waals surface area contributed by atoms with E-state index in [0.717, 1.165) is 23.4 Å². The number of anilines is 1. The summed E-state index contributed by atoms with van der Waals surface area (Å²) in [5.74, 6) is -0.204. The second-order valence-electron chi connectivity index (χ2n) is 4.45. The molecule has 0 radical (unpaired) electrons. The fourth-order valence-corrected chi connectivity index (χ4v) is 1.88. The number of hydrogen-bond donors (Lipinski definition) is 1. The van der Waals surface area contributed by atoms with E-state index in [0.29, 0.717) is 0 Å². The molecule has 0 amide bonds. The molecule has 4 heteroatoms. The van der Waals surface area contributed by atoms with Crippen molar-refractivity contribution in [1.82, 2.24) is 9.78 Å². The van der Waals surface area contributed by atoms with Gasteiger partial charge in [0.2, 0.25) is 0 Å². The standard InChI is InChI=1S/C14H18FN3/c1-4-18-9-12(8-16-18)11(3)17-14-6-5-13(15)7-10(14)2/h5-9,11,17H,4H2,1-3H3. The van der Waals surface area contributed by atoms with Gasteiger partial charge in [-0.05, 0) is 44.5 Å². The van der Waals surface area contributed by atoms with Gasteiger partial charge in [0.1, 0.15) is 5.82 Å². The first kappa shape index (κ1) is 12.6. The molecule has 0 spiro atoms. The van der Waals surface area contributed by atoms with Crippen LogP contribution in [-0.4, -0.2) is 9.78 Å². The first-order valence-corrected chi connectivity index (χ1v) is 6.15. The normalized spacial score (nSPS) is 12.4. The molecule has 1 N–H and O–H groups in total. The summed E-state index contributed by atoms with van der Waals surface area (Å²) in [6.45, 7) is 6.88. The number of aryl methyl sites for hydroxylation is 2. The lowest BCUT2D eigenvalue weighted by Crippen LogP contribution is -2.07. The molecule has 0 aliphatic rings. The number of hydrogen-bond acceptors (Lipinski definition) is 2. The maximum Gasteiger partial charge on any atom is 0.123 e. The summed E-state index contributed by atoms with van der Waals surface area (Å²) < 4.78 is 14.9. The van der Waals surface area contributed by atoms with Crippen molar-refractivity contribution in [2.75, 3.05) is 5.32 Å². The number of benzene rings is 1. The number of rotatable bonds is 4. The first-order valence-electron chi connectivity index (χ1n) is 6.15. The van der Waals surface area contributed by atoms with Crippen molar-refractivity contribution in [3.05, 3.63) is 47.5 Å². The fourth-order valence-electron chi connectivity index (χ4n) is 1.88. The molecule has 0 bridgehead atoms. The minimum absolute atomic E-state index is 0.148. The van der Waals surface area contributed by atoms with Crippen molar-refractivity contribution in [2.24, 2.45) is 0 Å². The van der Waals surface area contributed by atoms with Gasteiger partial charge in [-0.3, -0.25) is 4.68 Å². The molecular formula is C14H18FN3. The minimum atomic E-state index is -0.204. The zero-order valence-electron chi connectivity index (χ0n) is 10.9. The van der Waals surface area contributed by atoms with E-state index in [4.69, 9.17) is 0 Å². The Morgan fingerprint density at radius 1 is 1.44 bits per heavy atom. The van der Waals surface area contributed by atoms with E-state index in [1.165, 1.54) is 12.1 Å². The van der Waals surface area contributed by atoms with Crippen molar-refractivity contribution in [3.63, 3.8) is 0 Å². The Morgan fingerprint density at radius 2 is 2.22 bits per heavy atom. The monoisotopic (exact) mass is 247 g/mol. The van der Waals surface area contributed by atoms with Gasteiger partial charge in [0, 0.05) is 24.0 Å². The van der Waals surface area contributed by atoms with E-state index in [2.05, 4.69) is 24.3 Å². The highest BCUT2D eigenvalue weighted by atomic mass is 19.1. The minimum Gasteiger partial charge on any atom is -0.378 e. The summed E-state index contributed by atoms with van der Waals surface area (Å²) in [5, 5.41) is 7.62. The highest BCUT2D eigenvalue weighted by Crippen LogP contribution is 2.22. The topological polar surface area (TPSA) is 29.9 Å². The molecule has 1 aromatic carbocycles. The number of halogens is 1. The molecule has 2 aromatic rings. The average molecular weight is 247 g/mol.